The van der Waals surface area contributed by atoms with Crippen molar-refractivity contribution in [2.75, 3.05) is 40.3 Å². The Morgan fingerprint density at radius 1 is 0.822 bits per heavy atom. The number of carboxylic acid groups (broad SMARTS) is 1. The van der Waals surface area contributed by atoms with Crippen molar-refractivity contribution in [1.82, 2.24) is 19.3 Å². The number of hydrogen-bond acceptors (Lipinski definition) is 4. The van der Waals surface area contributed by atoms with E-state index in [0.717, 1.165) is 92.4 Å². The van der Waals surface area contributed by atoms with Gasteiger partial charge in [-0.05, 0) is 85.5 Å². The fourth-order valence-corrected chi connectivity index (χ4v) is 7.40. The van der Waals surface area contributed by atoms with Crippen LogP contribution in [0.5, 0.6) is 5.75 Å². The van der Waals surface area contributed by atoms with Crippen molar-refractivity contribution in [3.8, 4) is 17.0 Å². The third-order valence-corrected chi connectivity index (χ3v) is 9.93. The first kappa shape index (κ1) is 31.0. The number of likely N-dealkylation sites (tertiary alicyclic amines) is 2. The molecule has 3 aromatic rings. The van der Waals surface area contributed by atoms with Gasteiger partial charge in [-0.25, -0.2) is 9.59 Å². The van der Waals surface area contributed by atoms with Crippen molar-refractivity contribution in [2.24, 2.45) is 0 Å². The molecule has 6 rings (SSSR count). The van der Waals surface area contributed by atoms with Crippen LogP contribution in [0.25, 0.3) is 22.2 Å². The van der Waals surface area contributed by atoms with Gasteiger partial charge in [0.25, 0.3) is 0 Å². The molecule has 1 aliphatic carbocycles. The lowest BCUT2D eigenvalue weighted by Crippen LogP contribution is -2.49. The van der Waals surface area contributed by atoms with Gasteiger partial charge in [0.15, 0.2) is 0 Å². The topological polar surface area (TPSA) is 95.3 Å². The van der Waals surface area contributed by atoms with Crippen LogP contribution in [0.1, 0.15) is 86.0 Å². The minimum Gasteiger partial charge on any atom is -0.490 e. The summed E-state index contributed by atoms with van der Waals surface area (Å²) in [7, 11) is 3.50. The molecule has 0 atom stereocenters. The Balaban J connectivity index is 1.27. The van der Waals surface area contributed by atoms with E-state index in [9.17, 15) is 19.5 Å². The molecular weight excluding hydrogens is 568 g/mol. The molecule has 3 fully saturated rings. The average Bonchev–Trinajstić information content (AvgIpc) is 3.39. The number of rotatable bonds is 7. The Labute approximate surface area is 265 Å². The molecular formula is C36H46N4O5. The van der Waals surface area contributed by atoms with Gasteiger partial charge in [-0.2, -0.15) is 0 Å². The lowest BCUT2D eigenvalue weighted by atomic mass is 9.81. The summed E-state index contributed by atoms with van der Waals surface area (Å²) >= 11 is 0. The van der Waals surface area contributed by atoms with Gasteiger partial charge in [-0.3, -0.25) is 4.79 Å². The molecule has 0 spiro atoms. The van der Waals surface area contributed by atoms with Crippen molar-refractivity contribution < 1.29 is 24.2 Å². The maximum atomic E-state index is 13.1. The molecule has 9 heteroatoms. The summed E-state index contributed by atoms with van der Waals surface area (Å²) in [4.78, 5) is 43.6. The van der Waals surface area contributed by atoms with Crippen LogP contribution in [-0.2, 0) is 11.3 Å². The lowest BCUT2D eigenvalue weighted by Gasteiger charge is -2.37. The van der Waals surface area contributed by atoms with Crippen molar-refractivity contribution >= 4 is 28.8 Å². The number of hydrogen-bond donors (Lipinski definition) is 1. The minimum atomic E-state index is -0.979. The van der Waals surface area contributed by atoms with Gasteiger partial charge in [-0.15, -0.1) is 0 Å². The van der Waals surface area contributed by atoms with Crippen molar-refractivity contribution in [3.63, 3.8) is 0 Å². The molecule has 0 bridgehead atoms. The number of fused-ring (bicyclic) bond motifs is 1. The van der Waals surface area contributed by atoms with E-state index < -0.39 is 5.97 Å². The molecule has 3 amide bonds. The molecule has 1 N–H and O–H groups in total. The lowest BCUT2D eigenvalue weighted by molar-refractivity contribution is -0.129. The summed E-state index contributed by atoms with van der Waals surface area (Å²) in [6, 6.07) is 13.7. The highest BCUT2D eigenvalue weighted by Crippen LogP contribution is 2.44. The molecule has 240 valence electrons. The Bertz CT molecular complexity index is 1530. The van der Waals surface area contributed by atoms with E-state index in [1.54, 1.807) is 31.1 Å². The number of nitrogens with zero attached hydrogens (tertiary/aromatic N) is 4. The summed E-state index contributed by atoms with van der Waals surface area (Å²) in [5, 5.41) is 10.8. The standard InChI is InChI=1S/C36H46N4O5/c1-37(2)32(41)24-40-31-23-27(35(42)43)13-16-30(31)33(25-9-5-3-6-10-25)34(40)26-11-14-28(15-12-26)45-29-17-21-39(22-18-29)36(44)38-19-7-4-8-20-38/h11-16,23,25,29H,3-10,17-22,24H2,1-2H3,(H,42,43). The molecule has 3 aliphatic rings. The number of carbonyl (C=O) groups is 3. The molecule has 2 aliphatic heterocycles. The van der Waals surface area contributed by atoms with E-state index in [1.807, 2.05) is 32.6 Å². The predicted molar refractivity (Wildman–Crippen MR) is 175 cm³/mol. The first-order valence-electron chi connectivity index (χ1n) is 16.7. The first-order valence-corrected chi connectivity index (χ1v) is 16.7. The summed E-state index contributed by atoms with van der Waals surface area (Å²) in [5.74, 6) is 0.108. The second-order valence-corrected chi connectivity index (χ2v) is 13.2. The van der Waals surface area contributed by atoms with Crippen molar-refractivity contribution in [1.29, 1.82) is 0 Å². The number of piperidine rings is 2. The van der Waals surface area contributed by atoms with Gasteiger partial charge in [0.2, 0.25) is 5.91 Å². The zero-order valence-electron chi connectivity index (χ0n) is 26.7. The second-order valence-electron chi connectivity index (χ2n) is 13.2. The van der Waals surface area contributed by atoms with E-state index in [0.29, 0.717) is 19.0 Å². The molecule has 2 aromatic carbocycles. The maximum Gasteiger partial charge on any atom is 0.335 e. The Kier molecular flexibility index (Phi) is 9.33. The van der Waals surface area contributed by atoms with Crippen LogP contribution in [-0.4, -0.2) is 88.7 Å². The smallest absolute Gasteiger partial charge is 0.335 e. The summed E-state index contributed by atoms with van der Waals surface area (Å²) in [5.41, 5.74) is 4.20. The quantitative estimate of drug-likeness (QED) is 0.324. The number of amides is 3. The number of aromatic carboxylic acids is 1. The normalized spacial score (nSPS) is 18.3. The van der Waals surface area contributed by atoms with Gasteiger partial charge in [0, 0.05) is 58.5 Å². The van der Waals surface area contributed by atoms with E-state index in [1.165, 1.54) is 18.4 Å². The zero-order valence-corrected chi connectivity index (χ0v) is 26.7. The van der Waals surface area contributed by atoms with E-state index in [2.05, 4.69) is 12.1 Å². The molecule has 1 saturated carbocycles. The van der Waals surface area contributed by atoms with Crippen LogP contribution >= 0.6 is 0 Å². The van der Waals surface area contributed by atoms with Gasteiger partial charge in [0.05, 0.1) is 16.8 Å². The number of carbonyl (C=O) groups excluding carboxylic acids is 2. The fraction of sp³-hybridized carbons (Fsp3) is 0.528. The first-order chi connectivity index (χ1) is 21.8. The van der Waals surface area contributed by atoms with Crippen LogP contribution in [0.4, 0.5) is 4.79 Å². The average molecular weight is 615 g/mol. The van der Waals surface area contributed by atoms with Crippen molar-refractivity contribution in [3.05, 3.63) is 53.6 Å². The Morgan fingerprint density at radius 3 is 2.11 bits per heavy atom. The van der Waals surface area contributed by atoms with Crippen LogP contribution in [0.3, 0.4) is 0 Å². The summed E-state index contributed by atoms with van der Waals surface area (Å²) in [6.07, 6.45) is 10.8. The van der Waals surface area contributed by atoms with Gasteiger partial charge in [-0.1, -0.05) is 25.3 Å². The highest BCUT2D eigenvalue weighted by molar-refractivity contribution is 5.99. The second kappa shape index (κ2) is 13.5. The van der Waals surface area contributed by atoms with E-state index in [-0.39, 0.29) is 30.2 Å². The minimum absolute atomic E-state index is 0.0471. The van der Waals surface area contributed by atoms with E-state index in [4.69, 9.17) is 4.74 Å². The summed E-state index contributed by atoms with van der Waals surface area (Å²) in [6.45, 7) is 3.28. The molecule has 0 radical (unpaired) electrons. The number of likely N-dealkylation sites (N-methyl/N-ethyl adjacent to an activating group) is 1. The van der Waals surface area contributed by atoms with Gasteiger partial charge < -0.3 is 29.1 Å². The SMILES string of the molecule is CN(C)C(=O)Cn1c(-c2ccc(OC3CCN(C(=O)N4CCCCC4)CC3)cc2)c(C2CCCCC2)c2ccc(C(=O)O)cc21. The third kappa shape index (κ3) is 6.67. The monoisotopic (exact) mass is 614 g/mol. The molecule has 1 aromatic heterocycles. The maximum absolute atomic E-state index is 13.1. The zero-order chi connectivity index (χ0) is 31.5. The van der Waals surface area contributed by atoms with Crippen LogP contribution in [0.2, 0.25) is 0 Å². The van der Waals surface area contributed by atoms with E-state index >= 15 is 0 Å². The third-order valence-electron chi connectivity index (χ3n) is 9.93. The Hall–Kier alpha value is -4.01. The number of benzene rings is 2. The molecule has 3 heterocycles. The number of ether oxygens (including phenoxy) is 1. The Morgan fingerprint density at radius 2 is 1.47 bits per heavy atom. The van der Waals surface area contributed by atoms with Gasteiger partial charge in [0.1, 0.15) is 18.4 Å². The largest absolute Gasteiger partial charge is 0.490 e. The van der Waals surface area contributed by atoms with Gasteiger partial charge >= 0.3 is 12.0 Å². The highest BCUT2D eigenvalue weighted by atomic mass is 16.5. The number of carboxylic acids is 1. The number of urea groups is 1. The predicted octanol–water partition coefficient (Wildman–Crippen LogP) is 6.59. The highest BCUT2D eigenvalue weighted by Gasteiger charge is 2.30. The summed E-state index contributed by atoms with van der Waals surface area (Å²) < 4.78 is 8.44. The molecule has 0 unspecified atom stereocenters. The van der Waals surface area contributed by atoms with Crippen LogP contribution < -0.4 is 4.74 Å². The van der Waals surface area contributed by atoms with Crippen LogP contribution in [0.15, 0.2) is 42.5 Å². The number of aromatic nitrogens is 1. The molecule has 2 saturated heterocycles. The van der Waals surface area contributed by atoms with Crippen LogP contribution in [0, 0.1) is 0 Å². The fourth-order valence-electron chi connectivity index (χ4n) is 7.40. The van der Waals surface area contributed by atoms with Crippen molar-refractivity contribution in [2.45, 2.75) is 82.8 Å². The molecule has 9 nitrogen and oxygen atoms in total. The molecule has 45 heavy (non-hydrogen) atoms.